The maximum atomic E-state index is 10.0. The second-order valence-corrected chi connectivity index (χ2v) is 10.6. The van der Waals surface area contributed by atoms with Gasteiger partial charge in [-0.25, -0.2) is 0 Å². The average molecular weight is 489 g/mol. The van der Waals surface area contributed by atoms with Gasteiger partial charge >= 0.3 is 0 Å². The van der Waals surface area contributed by atoms with Gasteiger partial charge in [0, 0.05) is 31.7 Å². The molecule has 0 saturated carbocycles. The van der Waals surface area contributed by atoms with Crippen LogP contribution in [0.15, 0.2) is 54.6 Å². The van der Waals surface area contributed by atoms with E-state index in [1.165, 1.54) is 53.5 Å². The fourth-order valence-electron chi connectivity index (χ4n) is 5.56. The van der Waals surface area contributed by atoms with Crippen molar-refractivity contribution in [2.75, 3.05) is 51.3 Å². The highest BCUT2D eigenvalue weighted by Gasteiger charge is 2.21. The highest BCUT2D eigenvalue weighted by molar-refractivity contribution is 5.91. The third kappa shape index (κ3) is 5.96. The Morgan fingerprint density at radius 3 is 2.31 bits per heavy atom. The zero-order valence-corrected chi connectivity index (χ0v) is 21.8. The molecule has 0 aliphatic carbocycles. The minimum atomic E-state index is -0.180. The van der Waals surface area contributed by atoms with Gasteiger partial charge in [0.25, 0.3) is 0 Å². The largest absolute Gasteiger partial charge is 0.497 e. The van der Waals surface area contributed by atoms with Crippen LogP contribution in [0.4, 0.5) is 5.69 Å². The minimum absolute atomic E-state index is 0.180. The van der Waals surface area contributed by atoms with E-state index in [2.05, 4.69) is 71.3 Å². The van der Waals surface area contributed by atoms with Crippen LogP contribution in [0.3, 0.4) is 0 Å². The van der Waals surface area contributed by atoms with Crippen LogP contribution in [0.25, 0.3) is 10.8 Å². The molecule has 0 amide bonds. The number of rotatable bonds is 8. The summed E-state index contributed by atoms with van der Waals surface area (Å²) in [5, 5.41) is 12.5. The second-order valence-electron chi connectivity index (χ2n) is 10.6. The van der Waals surface area contributed by atoms with Crippen molar-refractivity contribution in [3.05, 3.63) is 65.7 Å². The predicted octanol–water partition coefficient (Wildman–Crippen LogP) is 5.51. The van der Waals surface area contributed by atoms with E-state index in [1.54, 1.807) is 7.11 Å². The van der Waals surface area contributed by atoms with Crippen LogP contribution in [0, 0.1) is 5.92 Å². The Labute approximate surface area is 215 Å². The zero-order chi connectivity index (χ0) is 24.9. The number of anilines is 1. The molecule has 0 unspecified atom stereocenters. The summed E-state index contributed by atoms with van der Waals surface area (Å²) in [5.41, 5.74) is 3.88. The average Bonchev–Trinajstić information content (AvgIpc) is 2.91. The van der Waals surface area contributed by atoms with Gasteiger partial charge in [-0.2, -0.15) is 0 Å². The summed E-state index contributed by atoms with van der Waals surface area (Å²) >= 11 is 0. The lowest BCUT2D eigenvalue weighted by Crippen LogP contribution is -2.36. The van der Waals surface area contributed by atoms with E-state index >= 15 is 0 Å². The van der Waals surface area contributed by atoms with Crippen LogP contribution in [0.2, 0.25) is 0 Å². The van der Waals surface area contributed by atoms with Crippen LogP contribution in [0.1, 0.15) is 43.7 Å². The lowest BCUT2D eigenvalue weighted by Gasteiger charge is -2.33. The molecule has 1 N–H and O–H groups in total. The first-order chi connectivity index (χ1) is 17.6. The highest BCUT2D eigenvalue weighted by Crippen LogP contribution is 2.34. The molecule has 5 nitrogen and oxygen atoms in total. The third-order valence-electron chi connectivity index (χ3n) is 7.98. The van der Waals surface area contributed by atoms with Crippen LogP contribution in [-0.4, -0.2) is 62.6 Å². The van der Waals surface area contributed by atoms with Crippen molar-refractivity contribution < 1.29 is 14.6 Å². The number of benzene rings is 3. The Balaban J connectivity index is 1.30. The third-order valence-corrected chi connectivity index (χ3v) is 7.98. The van der Waals surface area contributed by atoms with Gasteiger partial charge in [0.15, 0.2) is 0 Å². The summed E-state index contributed by atoms with van der Waals surface area (Å²) in [6, 6.07) is 19.4. The van der Waals surface area contributed by atoms with Gasteiger partial charge in [-0.05, 0) is 96.9 Å². The molecule has 2 aliphatic rings. The maximum absolute atomic E-state index is 10.0. The summed E-state index contributed by atoms with van der Waals surface area (Å²) in [7, 11) is 1.71. The van der Waals surface area contributed by atoms with E-state index < -0.39 is 0 Å². The molecule has 36 heavy (non-hydrogen) atoms. The smallest absolute Gasteiger partial charge is 0.119 e. The van der Waals surface area contributed by atoms with Crippen LogP contribution >= 0.6 is 0 Å². The van der Waals surface area contributed by atoms with E-state index in [9.17, 15) is 5.11 Å². The molecular weight excluding hydrogens is 448 g/mol. The van der Waals surface area contributed by atoms with Crippen molar-refractivity contribution >= 4 is 16.5 Å². The van der Waals surface area contributed by atoms with Gasteiger partial charge in [-0.3, -0.25) is 4.90 Å². The van der Waals surface area contributed by atoms with Crippen molar-refractivity contribution in [2.45, 2.75) is 45.1 Å². The number of aliphatic hydroxyl groups is 1. The quantitative estimate of drug-likeness (QED) is 0.453. The number of piperidine rings is 2. The van der Waals surface area contributed by atoms with Crippen LogP contribution < -0.4 is 14.4 Å². The van der Waals surface area contributed by atoms with E-state index in [0.29, 0.717) is 0 Å². The van der Waals surface area contributed by atoms with Gasteiger partial charge in [0.05, 0.1) is 13.2 Å². The Morgan fingerprint density at radius 1 is 0.861 bits per heavy atom. The maximum Gasteiger partial charge on any atom is 0.119 e. The van der Waals surface area contributed by atoms with E-state index in [0.717, 1.165) is 62.9 Å². The van der Waals surface area contributed by atoms with E-state index in [-0.39, 0.29) is 6.10 Å². The van der Waals surface area contributed by atoms with Crippen molar-refractivity contribution in [2.24, 2.45) is 5.92 Å². The summed E-state index contributed by atoms with van der Waals surface area (Å²) in [5.74, 6) is 2.68. The van der Waals surface area contributed by atoms with Gasteiger partial charge in [-0.15, -0.1) is 0 Å². The first kappa shape index (κ1) is 24.9. The second kappa shape index (κ2) is 11.5. The van der Waals surface area contributed by atoms with Crippen molar-refractivity contribution in [1.82, 2.24) is 4.90 Å². The number of hydrogen-bond acceptors (Lipinski definition) is 5. The molecule has 2 saturated heterocycles. The molecule has 5 heteroatoms. The van der Waals surface area contributed by atoms with E-state index in [4.69, 9.17) is 9.47 Å². The molecule has 5 rings (SSSR count). The molecule has 2 fully saturated rings. The predicted molar refractivity (Wildman–Crippen MR) is 148 cm³/mol. The summed E-state index contributed by atoms with van der Waals surface area (Å²) in [6.07, 6.45) is 4.92. The van der Waals surface area contributed by atoms with Crippen LogP contribution in [0.5, 0.6) is 11.5 Å². The first-order valence-electron chi connectivity index (χ1n) is 13.6. The highest BCUT2D eigenvalue weighted by atomic mass is 16.5. The lowest BCUT2D eigenvalue weighted by atomic mass is 9.94. The van der Waals surface area contributed by atoms with Crippen LogP contribution in [-0.2, 0) is 6.42 Å². The SMILES string of the molecule is COc1ccc2c(Cc3ccc(OCCN4CCC(C)CC4)cc3)c(N3CCC(O)CC3)ccc2c1. The van der Waals surface area contributed by atoms with Gasteiger partial charge in [-0.1, -0.05) is 31.2 Å². The molecule has 3 aromatic rings. The molecule has 2 aliphatic heterocycles. The monoisotopic (exact) mass is 488 g/mol. The number of methoxy groups -OCH3 is 1. The van der Waals surface area contributed by atoms with Gasteiger partial charge < -0.3 is 19.5 Å². The number of aliphatic hydroxyl groups excluding tert-OH is 1. The fraction of sp³-hybridized carbons (Fsp3) is 0.484. The van der Waals surface area contributed by atoms with Crippen molar-refractivity contribution in [1.29, 1.82) is 0 Å². The minimum Gasteiger partial charge on any atom is -0.497 e. The molecule has 0 bridgehead atoms. The summed E-state index contributed by atoms with van der Waals surface area (Å²) in [6.45, 7) is 8.25. The Bertz CT molecular complexity index is 1130. The standard InChI is InChI=1S/C31H40N2O3/c1-23-11-15-32(16-12-23)19-20-36-27-6-3-24(4-7-27)21-30-29-9-8-28(35-2)22-25(29)5-10-31(30)33-17-13-26(34)14-18-33/h3-10,22-23,26,34H,11-21H2,1-2H3. The molecule has 0 atom stereocenters. The van der Waals surface area contributed by atoms with Crippen molar-refractivity contribution in [3.63, 3.8) is 0 Å². The van der Waals surface area contributed by atoms with Gasteiger partial charge in [0.1, 0.15) is 18.1 Å². The zero-order valence-electron chi connectivity index (χ0n) is 21.8. The Morgan fingerprint density at radius 2 is 1.58 bits per heavy atom. The van der Waals surface area contributed by atoms with Crippen molar-refractivity contribution in [3.8, 4) is 11.5 Å². The van der Waals surface area contributed by atoms with Gasteiger partial charge in [0.2, 0.25) is 0 Å². The summed E-state index contributed by atoms with van der Waals surface area (Å²) < 4.78 is 11.6. The number of hydrogen-bond donors (Lipinski definition) is 1. The molecule has 0 radical (unpaired) electrons. The molecule has 192 valence electrons. The number of fused-ring (bicyclic) bond motifs is 1. The number of nitrogens with zero attached hydrogens (tertiary/aromatic N) is 2. The molecular formula is C31H40N2O3. The normalized spacial score (nSPS) is 18.0. The van der Waals surface area contributed by atoms with E-state index in [1.807, 2.05) is 0 Å². The Kier molecular flexibility index (Phi) is 7.98. The number of ether oxygens (including phenoxy) is 2. The number of likely N-dealkylation sites (tertiary alicyclic amines) is 1. The summed E-state index contributed by atoms with van der Waals surface area (Å²) in [4.78, 5) is 4.95. The topological polar surface area (TPSA) is 45.2 Å². The molecule has 0 aromatic heterocycles. The first-order valence-corrected chi connectivity index (χ1v) is 13.6. The molecule has 3 aromatic carbocycles. The molecule has 0 spiro atoms. The lowest BCUT2D eigenvalue weighted by molar-refractivity contribution is 0.145. The Hall–Kier alpha value is -2.76. The molecule has 2 heterocycles. The fourth-order valence-corrected chi connectivity index (χ4v) is 5.56.